The maximum Gasteiger partial charge on any atom is 0.129 e. The zero-order chi connectivity index (χ0) is 15.0. The smallest absolute Gasteiger partial charge is 0.129 e. The van der Waals surface area contributed by atoms with E-state index < -0.39 is 6.04 Å². The number of rotatable bonds is 2. The molecule has 21 heavy (non-hydrogen) atoms. The molecule has 0 saturated heterocycles. The Morgan fingerprint density at radius 3 is 2.24 bits per heavy atom. The lowest BCUT2D eigenvalue weighted by molar-refractivity contribution is 0.598. The number of nitrogens with two attached hydrogens (primary N) is 1. The van der Waals surface area contributed by atoms with E-state index in [0.29, 0.717) is 10.0 Å². The van der Waals surface area contributed by atoms with Crippen molar-refractivity contribution in [2.24, 2.45) is 5.73 Å². The molecule has 0 amide bonds. The summed E-state index contributed by atoms with van der Waals surface area (Å²) in [6.07, 6.45) is 0. The maximum atomic E-state index is 14.1. The zero-order valence-corrected chi connectivity index (χ0v) is 14.2. The Labute approximate surface area is 139 Å². The van der Waals surface area contributed by atoms with Gasteiger partial charge in [0.05, 0.1) is 6.04 Å². The van der Waals surface area contributed by atoms with Gasteiger partial charge in [0.15, 0.2) is 0 Å². The third-order valence-corrected chi connectivity index (χ3v) is 4.93. The maximum absolute atomic E-state index is 14.1. The van der Waals surface area contributed by atoms with Crippen LogP contribution in [-0.4, -0.2) is 0 Å². The van der Waals surface area contributed by atoms with Gasteiger partial charge >= 0.3 is 0 Å². The second-order valence-electron chi connectivity index (χ2n) is 4.80. The SMILES string of the molecule is NC(c1c(F)cccc1Br)c1ccc(Br)c2ccccc12. The molecule has 0 aliphatic heterocycles. The second kappa shape index (κ2) is 5.87. The molecule has 1 nitrogen and oxygen atoms in total. The molecule has 0 spiro atoms. The van der Waals surface area contributed by atoms with Gasteiger partial charge in [0.2, 0.25) is 0 Å². The predicted molar refractivity (Wildman–Crippen MR) is 91.8 cm³/mol. The molecular formula is C17H12Br2FN. The molecule has 3 rings (SSSR count). The summed E-state index contributed by atoms with van der Waals surface area (Å²) in [6, 6.07) is 16.2. The van der Waals surface area contributed by atoms with Crippen molar-refractivity contribution in [1.82, 2.24) is 0 Å². The molecule has 0 aromatic heterocycles. The van der Waals surface area contributed by atoms with Crippen LogP contribution in [0.25, 0.3) is 10.8 Å². The number of benzene rings is 3. The highest BCUT2D eigenvalue weighted by atomic mass is 79.9. The summed E-state index contributed by atoms with van der Waals surface area (Å²) in [5.41, 5.74) is 7.73. The van der Waals surface area contributed by atoms with Crippen LogP contribution in [0.1, 0.15) is 17.2 Å². The first-order valence-corrected chi connectivity index (χ1v) is 8.05. The van der Waals surface area contributed by atoms with Gasteiger partial charge in [0.1, 0.15) is 5.82 Å². The van der Waals surface area contributed by atoms with Crippen LogP contribution in [0, 0.1) is 5.82 Å². The Morgan fingerprint density at radius 2 is 1.52 bits per heavy atom. The van der Waals surface area contributed by atoms with Gasteiger partial charge in [-0.2, -0.15) is 0 Å². The van der Waals surface area contributed by atoms with Crippen LogP contribution in [0.5, 0.6) is 0 Å². The Bertz CT molecular complexity index is 797. The Hall–Kier alpha value is -1.23. The van der Waals surface area contributed by atoms with Gasteiger partial charge in [0, 0.05) is 14.5 Å². The normalized spacial score (nSPS) is 12.6. The number of halogens is 3. The summed E-state index contributed by atoms with van der Waals surface area (Å²) in [4.78, 5) is 0. The van der Waals surface area contributed by atoms with E-state index in [-0.39, 0.29) is 5.82 Å². The van der Waals surface area contributed by atoms with Crippen molar-refractivity contribution >= 4 is 42.6 Å². The fourth-order valence-electron chi connectivity index (χ4n) is 2.52. The minimum Gasteiger partial charge on any atom is -0.320 e. The van der Waals surface area contributed by atoms with Crippen molar-refractivity contribution in [3.63, 3.8) is 0 Å². The first kappa shape index (κ1) is 14.7. The van der Waals surface area contributed by atoms with Gasteiger partial charge in [-0.25, -0.2) is 4.39 Å². The lowest BCUT2D eigenvalue weighted by atomic mass is 9.94. The lowest BCUT2D eigenvalue weighted by Gasteiger charge is -2.18. The van der Waals surface area contributed by atoms with Gasteiger partial charge in [-0.05, 0) is 34.5 Å². The molecule has 106 valence electrons. The van der Waals surface area contributed by atoms with Crippen molar-refractivity contribution in [3.05, 3.63) is 80.5 Å². The molecule has 0 heterocycles. The molecule has 3 aromatic carbocycles. The monoisotopic (exact) mass is 407 g/mol. The topological polar surface area (TPSA) is 26.0 Å². The molecule has 0 aliphatic rings. The molecule has 4 heteroatoms. The van der Waals surface area contributed by atoms with Crippen LogP contribution in [0.4, 0.5) is 4.39 Å². The van der Waals surface area contributed by atoms with Crippen LogP contribution in [-0.2, 0) is 0 Å². The third-order valence-electron chi connectivity index (χ3n) is 3.55. The molecule has 3 aromatic rings. The van der Waals surface area contributed by atoms with Crippen molar-refractivity contribution in [3.8, 4) is 0 Å². The van der Waals surface area contributed by atoms with Gasteiger partial charge in [-0.3, -0.25) is 0 Å². The van der Waals surface area contributed by atoms with E-state index in [2.05, 4.69) is 31.9 Å². The number of hydrogen-bond acceptors (Lipinski definition) is 1. The molecule has 0 bridgehead atoms. The summed E-state index contributed by atoms with van der Waals surface area (Å²) in [5, 5.41) is 2.09. The summed E-state index contributed by atoms with van der Waals surface area (Å²) in [6.45, 7) is 0. The van der Waals surface area contributed by atoms with E-state index >= 15 is 0 Å². The Morgan fingerprint density at radius 1 is 0.810 bits per heavy atom. The van der Waals surface area contributed by atoms with Crippen molar-refractivity contribution in [2.75, 3.05) is 0 Å². The van der Waals surface area contributed by atoms with E-state index in [4.69, 9.17) is 5.73 Å². The fraction of sp³-hybridized carbons (Fsp3) is 0.0588. The average molecular weight is 409 g/mol. The molecule has 0 radical (unpaired) electrons. The van der Waals surface area contributed by atoms with E-state index in [0.717, 1.165) is 20.8 Å². The van der Waals surface area contributed by atoms with Crippen molar-refractivity contribution in [1.29, 1.82) is 0 Å². The standard InChI is InChI=1S/C17H12Br2FN/c18-13-9-8-12(10-4-1-2-5-11(10)13)17(21)16-14(19)6-3-7-15(16)20/h1-9,17H,21H2. The zero-order valence-electron chi connectivity index (χ0n) is 11.0. The molecular weight excluding hydrogens is 397 g/mol. The lowest BCUT2D eigenvalue weighted by Crippen LogP contribution is -2.15. The first-order valence-electron chi connectivity index (χ1n) is 6.46. The summed E-state index contributed by atoms with van der Waals surface area (Å²) >= 11 is 6.94. The molecule has 0 saturated carbocycles. The van der Waals surface area contributed by atoms with Gasteiger partial charge in [0.25, 0.3) is 0 Å². The Balaban J connectivity index is 2.23. The van der Waals surface area contributed by atoms with Gasteiger partial charge in [-0.15, -0.1) is 0 Å². The molecule has 1 unspecified atom stereocenters. The van der Waals surface area contributed by atoms with E-state index in [9.17, 15) is 4.39 Å². The predicted octanol–water partition coefficient (Wildman–Crippen LogP) is 5.55. The van der Waals surface area contributed by atoms with Crippen LogP contribution in [0.15, 0.2) is 63.5 Å². The minimum atomic E-state index is -0.529. The van der Waals surface area contributed by atoms with Crippen LogP contribution >= 0.6 is 31.9 Å². The number of fused-ring (bicyclic) bond motifs is 1. The highest BCUT2D eigenvalue weighted by molar-refractivity contribution is 9.11. The van der Waals surface area contributed by atoms with Gasteiger partial charge in [-0.1, -0.05) is 68.3 Å². The fourth-order valence-corrected chi connectivity index (χ4v) is 3.59. The van der Waals surface area contributed by atoms with E-state index in [1.54, 1.807) is 12.1 Å². The summed E-state index contributed by atoms with van der Waals surface area (Å²) in [5.74, 6) is -0.302. The quantitative estimate of drug-likeness (QED) is 0.590. The highest BCUT2D eigenvalue weighted by Crippen LogP contribution is 2.35. The van der Waals surface area contributed by atoms with Gasteiger partial charge < -0.3 is 5.73 Å². The summed E-state index contributed by atoms with van der Waals surface area (Å²) < 4.78 is 15.8. The average Bonchev–Trinajstić information content (AvgIpc) is 2.47. The van der Waals surface area contributed by atoms with Crippen molar-refractivity contribution < 1.29 is 4.39 Å². The molecule has 1 atom stereocenters. The third kappa shape index (κ3) is 2.63. The summed E-state index contributed by atoms with van der Waals surface area (Å²) in [7, 11) is 0. The Kier molecular flexibility index (Phi) is 4.11. The largest absolute Gasteiger partial charge is 0.320 e. The minimum absolute atomic E-state index is 0.302. The second-order valence-corrected chi connectivity index (χ2v) is 6.50. The van der Waals surface area contributed by atoms with E-state index in [1.165, 1.54) is 6.07 Å². The first-order chi connectivity index (χ1) is 10.1. The molecule has 2 N–H and O–H groups in total. The number of hydrogen-bond donors (Lipinski definition) is 1. The highest BCUT2D eigenvalue weighted by Gasteiger charge is 2.19. The van der Waals surface area contributed by atoms with E-state index in [1.807, 2.05) is 36.4 Å². The molecule has 0 fully saturated rings. The molecule has 0 aliphatic carbocycles. The van der Waals surface area contributed by atoms with Crippen LogP contribution < -0.4 is 5.73 Å². The van der Waals surface area contributed by atoms with Crippen LogP contribution in [0.2, 0.25) is 0 Å². The van der Waals surface area contributed by atoms with Crippen molar-refractivity contribution in [2.45, 2.75) is 6.04 Å². The van der Waals surface area contributed by atoms with Crippen LogP contribution in [0.3, 0.4) is 0 Å².